The standard InChI is InChI=1S/C19H21ClN2O3/c1-3-15-12-22(17-11-13(20)5-10-18(17)25-15)19(23)21-14-6-8-16(9-7-14)24-4-2/h5-11,15H,3-4,12H2,1-2H3,(H,21,23). The number of fused-ring (bicyclic) bond motifs is 1. The van der Waals surface area contributed by atoms with Crippen LogP contribution in [0.25, 0.3) is 0 Å². The van der Waals surface area contributed by atoms with Crippen molar-refractivity contribution < 1.29 is 14.3 Å². The summed E-state index contributed by atoms with van der Waals surface area (Å²) in [6.07, 6.45) is 0.772. The summed E-state index contributed by atoms with van der Waals surface area (Å²) in [6, 6.07) is 12.4. The normalized spacial score (nSPS) is 16.0. The smallest absolute Gasteiger partial charge is 0.326 e. The third-order valence-electron chi connectivity index (χ3n) is 4.01. The van der Waals surface area contributed by atoms with Crippen molar-refractivity contribution in [3.8, 4) is 11.5 Å². The first-order valence-corrected chi connectivity index (χ1v) is 8.76. The van der Waals surface area contributed by atoms with Crippen LogP contribution in [0.4, 0.5) is 16.2 Å². The van der Waals surface area contributed by atoms with E-state index in [4.69, 9.17) is 21.1 Å². The fourth-order valence-electron chi connectivity index (χ4n) is 2.72. The first-order chi connectivity index (χ1) is 12.1. The van der Waals surface area contributed by atoms with Gasteiger partial charge in [0.25, 0.3) is 0 Å². The monoisotopic (exact) mass is 360 g/mol. The van der Waals surface area contributed by atoms with Gasteiger partial charge in [0.2, 0.25) is 0 Å². The summed E-state index contributed by atoms with van der Waals surface area (Å²) in [4.78, 5) is 14.5. The fourth-order valence-corrected chi connectivity index (χ4v) is 2.88. The van der Waals surface area contributed by atoms with Gasteiger partial charge in [-0.2, -0.15) is 0 Å². The Kier molecular flexibility index (Phi) is 5.34. The Morgan fingerprint density at radius 3 is 2.72 bits per heavy atom. The van der Waals surface area contributed by atoms with Gasteiger partial charge in [0.05, 0.1) is 18.8 Å². The van der Waals surface area contributed by atoms with Gasteiger partial charge in [0, 0.05) is 10.7 Å². The fraction of sp³-hybridized carbons (Fsp3) is 0.316. The van der Waals surface area contributed by atoms with Crippen LogP contribution < -0.4 is 19.7 Å². The van der Waals surface area contributed by atoms with Gasteiger partial charge in [0.1, 0.15) is 17.6 Å². The number of nitrogens with one attached hydrogen (secondary N) is 1. The summed E-state index contributed by atoms with van der Waals surface area (Å²) in [5.74, 6) is 1.44. The maximum atomic E-state index is 12.8. The van der Waals surface area contributed by atoms with E-state index in [-0.39, 0.29) is 12.1 Å². The first kappa shape index (κ1) is 17.4. The maximum absolute atomic E-state index is 12.8. The van der Waals surface area contributed by atoms with E-state index < -0.39 is 0 Å². The van der Waals surface area contributed by atoms with Gasteiger partial charge >= 0.3 is 6.03 Å². The van der Waals surface area contributed by atoms with E-state index in [1.54, 1.807) is 23.1 Å². The summed E-state index contributed by atoms with van der Waals surface area (Å²) in [5, 5.41) is 3.48. The van der Waals surface area contributed by atoms with Gasteiger partial charge in [-0.1, -0.05) is 18.5 Å². The molecule has 1 aliphatic heterocycles. The predicted octanol–water partition coefficient (Wildman–Crippen LogP) is 4.95. The van der Waals surface area contributed by atoms with E-state index in [0.717, 1.165) is 12.2 Å². The SMILES string of the molecule is CCOc1ccc(NC(=O)N2CC(CC)Oc3ccc(Cl)cc32)cc1. The molecule has 6 heteroatoms. The van der Waals surface area contributed by atoms with E-state index in [1.165, 1.54) is 0 Å². The first-order valence-electron chi connectivity index (χ1n) is 8.38. The highest BCUT2D eigenvalue weighted by molar-refractivity contribution is 6.31. The third kappa shape index (κ3) is 3.99. The lowest BCUT2D eigenvalue weighted by atomic mass is 10.1. The van der Waals surface area contributed by atoms with E-state index in [0.29, 0.717) is 35.3 Å². The molecule has 5 nitrogen and oxygen atoms in total. The van der Waals surface area contributed by atoms with Crippen LogP contribution in [0, 0.1) is 0 Å². The summed E-state index contributed by atoms with van der Waals surface area (Å²) in [5.41, 5.74) is 1.39. The number of benzene rings is 2. The van der Waals surface area contributed by atoms with Crippen molar-refractivity contribution >= 4 is 29.0 Å². The molecule has 2 amide bonds. The minimum absolute atomic E-state index is 0.0419. The van der Waals surface area contributed by atoms with Crippen LogP contribution in [0.5, 0.6) is 11.5 Å². The van der Waals surface area contributed by atoms with Gasteiger partial charge in [-0.05, 0) is 55.8 Å². The molecule has 0 aromatic heterocycles. The number of carbonyl (C=O) groups is 1. The predicted molar refractivity (Wildman–Crippen MR) is 100 cm³/mol. The molecular weight excluding hydrogens is 340 g/mol. The van der Waals surface area contributed by atoms with Crippen LogP contribution >= 0.6 is 11.6 Å². The van der Waals surface area contributed by atoms with Gasteiger partial charge in [-0.3, -0.25) is 4.90 Å². The van der Waals surface area contributed by atoms with E-state index in [1.807, 2.05) is 38.1 Å². The summed E-state index contributed by atoms with van der Waals surface area (Å²) < 4.78 is 11.3. The largest absolute Gasteiger partial charge is 0.494 e. The highest BCUT2D eigenvalue weighted by Crippen LogP contribution is 2.36. The van der Waals surface area contributed by atoms with Crippen molar-refractivity contribution in [3.05, 3.63) is 47.5 Å². The molecule has 1 N–H and O–H groups in total. The van der Waals surface area contributed by atoms with Crippen molar-refractivity contribution in [2.75, 3.05) is 23.4 Å². The Labute approximate surface area is 152 Å². The van der Waals surface area contributed by atoms with E-state index >= 15 is 0 Å². The lowest BCUT2D eigenvalue weighted by Crippen LogP contribution is -2.45. The molecule has 2 aromatic carbocycles. The summed E-state index contributed by atoms with van der Waals surface area (Å²) in [6.45, 7) is 5.05. The summed E-state index contributed by atoms with van der Waals surface area (Å²) in [7, 11) is 0. The zero-order chi connectivity index (χ0) is 17.8. The van der Waals surface area contributed by atoms with Gasteiger partial charge in [-0.15, -0.1) is 0 Å². The number of hydrogen-bond donors (Lipinski definition) is 1. The number of amides is 2. The van der Waals surface area contributed by atoms with Crippen molar-refractivity contribution in [2.24, 2.45) is 0 Å². The van der Waals surface area contributed by atoms with Crippen molar-refractivity contribution in [1.29, 1.82) is 0 Å². The van der Waals surface area contributed by atoms with Crippen LogP contribution in [0.15, 0.2) is 42.5 Å². The molecule has 0 saturated heterocycles. The lowest BCUT2D eigenvalue weighted by Gasteiger charge is -2.34. The number of nitrogens with zero attached hydrogens (tertiary/aromatic N) is 1. The molecule has 0 fully saturated rings. The highest BCUT2D eigenvalue weighted by Gasteiger charge is 2.29. The number of ether oxygens (including phenoxy) is 2. The van der Waals surface area contributed by atoms with Crippen LogP contribution in [-0.4, -0.2) is 25.3 Å². The zero-order valence-electron chi connectivity index (χ0n) is 14.3. The maximum Gasteiger partial charge on any atom is 0.326 e. The minimum atomic E-state index is -0.213. The van der Waals surface area contributed by atoms with E-state index in [2.05, 4.69) is 5.32 Å². The zero-order valence-corrected chi connectivity index (χ0v) is 15.0. The van der Waals surface area contributed by atoms with Gasteiger partial charge in [0.15, 0.2) is 0 Å². The summed E-state index contributed by atoms with van der Waals surface area (Å²) >= 11 is 6.10. The molecule has 0 bridgehead atoms. The Morgan fingerprint density at radius 1 is 1.28 bits per heavy atom. The second-order valence-corrected chi connectivity index (χ2v) is 6.19. The van der Waals surface area contributed by atoms with Crippen LogP contribution in [0.3, 0.4) is 0 Å². The molecular formula is C19H21ClN2O3. The Bertz CT molecular complexity index is 749. The van der Waals surface area contributed by atoms with Crippen molar-refractivity contribution in [3.63, 3.8) is 0 Å². The molecule has 3 rings (SSSR count). The second kappa shape index (κ2) is 7.66. The molecule has 0 aliphatic carbocycles. The van der Waals surface area contributed by atoms with Gasteiger partial charge in [-0.25, -0.2) is 4.79 Å². The molecule has 0 saturated carbocycles. The molecule has 1 heterocycles. The molecule has 0 spiro atoms. The highest BCUT2D eigenvalue weighted by atomic mass is 35.5. The number of hydrogen-bond acceptors (Lipinski definition) is 3. The van der Waals surface area contributed by atoms with Crippen molar-refractivity contribution in [1.82, 2.24) is 0 Å². The van der Waals surface area contributed by atoms with Crippen molar-refractivity contribution in [2.45, 2.75) is 26.4 Å². The topological polar surface area (TPSA) is 50.8 Å². The van der Waals surface area contributed by atoms with Crippen LogP contribution in [-0.2, 0) is 0 Å². The lowest BCUT2D eigenvalue weighted by molar-refractivity contribution is 0.188. The number of urea groups is 1. The number of halogens is 1. The van der Waals surface area contributed by atoms with Crippen LogP contribution in [0.1, 0.15) is 20.3 Å². The molecule has 2 aromatic rings. The molecule has 1 aliphatic rings. The molecule has 1 unspecified atom stereocenters. The van der Waals surface area contributed by atoms with Gasteiger partial charge < -0.3 is 14.8 Å². The number of rotatable bonds is 4. The Hall–Kier alpha value is -2.40. The number of anilines is 2. The molecule has 132 valence electrons. The average Bonchev–Trinajstić information content (AvgIpc) is 2.62. The van der Waals surface area contributed by atoms with Crippen LogP contribution in [0.2, 0.25) is 5.02 Å². The second-order valence-electron chi connectivity index (χ2n) is 5.76. The Morgan fingerprint density at radius 2 is 2.04 bits per heavy atom. The average molecular weight is 361 g/mol. The minimum Gasteiger partial charge on any atom is -0.494 e. The molecule has 25 heavy (non-hydrogen) atoms. The quantitative estimate of drug-likeness (QED) is 0.839. The molecule has 0 radical (unpaired) electrons. The van der Waals surface area contributed by atoms with E-state index in [9.17, 15) is 4.79 Å². The Balaban J connectivity index is 1.80. The number of carbonyl (C=O) groups excluding carboxylic acids is 1. The molecule has 1 atom stereocenters. The third-order valence-corrected chi connectivity index (χ3v) is 4.24.